The van der Waals surface area contributed by atoms with Gasteiger partial charge in [0.2, 0.25) is 0 Å². The molecule has 0 saturated heterocycles. The van der Waals surface area contributed by atoms with Crippen LogP contribution < -0.4 is 0 Å². The molecule has 1 N–H and O–H groups in total. The standard InChI is InChI=1S/C13H24O3/c1-6-11(14)13(5,8-3)16-10-9-12(4,15)7-2/h6,15H,1,7-10H2,2-5H3. The number of ether oxygens (including phenoxy) is 1. The Labute approximate surface area is 98.5 Å². The van der Waals surface area contributed by atoms with Crippen LogP contribution in [-0.4, -0.2) is 28.7 Å². The second-order valence-electron chi connectivity index (χ2n) is 4.60. The Morgan fingerprint density at radius 1 is 1.38 bits per heavy atom. The van der Waals surface area contributed by atoms with Crippen molar-refractivity contribution < 1.29 is 14.6 Å². The van der Waals surface area contributed by atoms with E-state index in [4.69, 9.17) is 4.74 Å². The Bertz CT molecular complexity index is 246. The summed E-state index contributed by atoms with van der Waals surface area (Å²) in [5.74, 6) is -0.105. The van der Waals surface area contributed by atoms with Gasteiger partial charge in [0, 0.05) is 0 Å². The van der Waals surface area contributed by atoms with Gasteiger partial charge < -0.3 is 9.84 Å². The predicted octanol–water partition coefficient (Wildman–Crippen LogP) is 2.48. The minimum absolute atomic E-state index is 0.105. The average Bonchev–Trinajstić information content (AvgIpc) is 2.27. The predicted molar refractivity (Wildman–Crippen MR) is 65.4 cm³/mol. The van der Waals surface area contributed by atoms with Crippen molar-refractivity contribution >= 4 is 5.78 Å². The van der Waals surface area contributed by atoms with Crippen LogP contribution in [0.2, 0.25) is 0 Å². The van der Waals surface area contributed by atoms with E-state index in [0.29, 0.717) is 25.9 Å². The van der Waals surface area contributed by atoms with Gasteiger partial charge in [0.1, 0.15) is 5.60 Å². The van der Waals surface area contributed by atoms with Crippen LogP contribution in [0.5, 0.6) is 0 Å². The van der Waals surface area contributed by atoms with Gasteiger partial charge in [-0.25, -0.2) is 0 Å². The molecule has 0 spiro atoms. The summed E-state index contributed by atoms with van der Waals surface area (Å²) in [4.78, 5) is 11.6. The highest BCUT2D eigenvalue weighted by Gasteiger charge is 2.30. The van der Waals surface area contributed by atoms with E-state index in [-0.39, 0.29) is 5.78 Å². The zero-order chi connectivity index (χ0) is 12.8. The summed E-state index contributed by atoms with van der Waals surface area (Å²) in [7, 11) is 0. The second kappa shape index (κ2) is 6.16. The Morgan fingerprint density at radius 2 is 1.94 bits per heavy atom. The molecule has 94 valence electrons. The van der Waals surface area contributed by atoms with Crippen molar-refractivity contribution in [3.05, 3.63) is 12.7 Å². The summed E-state index contributed by atoms with van der Waals surface area (Å²) >= 11 is 0. The normalized spacial score (nSPS) is 18.6. The number of carbonyl (C=O) groups excluding carboxylic acids is 1. The summed E-state index contributed by atoms with van der Waals surface area (Å²) in [5.41, 5.74) is -1.52. The largest absolute Gasteiger partial charge is 0.390 e. The first-order valence-corrected chi connectivity index (χ1v) is 5.84. The lowest BCUT2D eigenvalue weighted by Gasteiger charge is -2.28. The van der Waals surface area contributed by atoms with Crippen LogP contribution in [0.4, 0.5) is 0 Å². The maximum Gasteiger partial charge on any atom is 0.186 e. The Hall–Kier alpha value is -0.670. The van der Waals surface area contributed by atoms with Gasteiger partial charge in [-0.2, -0.15) is 0 Å². The van der Waals surface area contributed by atoms with E-state index in [1.807, 2.05) is 13.8 Å². The van der Waals surface area contributed by atoms with Gasteiger partial charge in [0.15, 0.2) is 5.78 Å². The fraction of sp³-hybridized carbons (Fsp3) is 0.769. The zero-order valence-corrected chi connectivity index (χ0v) is 10.9. The number of ketones is 1. The fourth-order valence-corrected chi connectivity index (χ4v) is 1.24. The Balaban J connectivity index is 4.26. The van der Waals surface area contributed by atoms with Crippen molar-refractivity contribution in [3.8, 4) is 0 Å². The van der Waals surface area contributed by atoms with E-state index in [9.17, 15) is 9.90 Å². The van der Waals surface area contributed by atoms with Gasteiger partial charge in [0.25, 0.3) is 0 Å². The monoisotopic (exact) mass is 228 g/mol. The second-order valence-corrected chi connectivity index (χ2v) is 4.60. The van der Waals surface area contributed by atoms with Crippen LogP contribution in [0, 0.1) is 0 Å². The van der Waals surface area contributed by atoms with Gasteiger partial charge in [-0.05, 0) is 39.2 Å². The molecule has 0 aliphatic rings. The third kappa shape index (κ3) is 4.45. The van der Waals surface area contributed by atoms with E-state index in [1.54, 1.807) is 13.8 Å². The highest BCUT2D eigenvalue weighted by molar-refractivity contribution is 5.96. The van der Waals surface area contributed by atoms with E-state index in [0.717, 1.165) is 0 Å². The highest BCUT2D eigenvalue weighted by Crippen LogP contribution is 2.20. The molecule has 0 aromatic heterocycles. The number of rotatable bonds is 8. The Morgan fingerprint density at radius 3 is 2.31 bits per heavy atom. The zero-order valence-electron chi connectivity index (χ0n) is 10.9. The lowest BCUT2D eigenvalue weighted by atomic mass is 9.96. The SMILES string of the molecule is C=CC(=O)C(C)(CC)OCCC(C)(O)CC. The third-order valence-electron chi connectivity index (χ3n) is 3.20. The lowest BCUT2D eigenvalue weighted by molar-refractivity contribution is -0.140. The molecule has 0 aromatic rings. The molecule has 0 aliphatic heterocycles. The number of aliphatic hydroxyl groups is 1. The van der Waals surface area contributed by atoms with Gasteiger partial charge in [-0.3, -0.25) is 4.79 Å². The van der Waals surface area contributed by atoms with Crippen molar-refractivity contribution in [3.63, 3.8) is 0 Å². The molecule has 0 amide bonds. The van der Waals surface area contributed by atoms with Crippen molar-refractivity contribution in [1.82, 2.24) is 0 Å². The van der Waals surface area contributed by atoms with Crippen molar-refractivity contribution in [1.29, 1.82) is 0 Å². The van der Waals surface area contributed by atoms with E-state index >= 15 is 0 Å². The van der Waals surface area contributed by atoms with E-state index < -0.39 is 11.2 Å². The molecule has 0 rings (SSSR count). The molecule has 0 saturated carbocycles. The van der Waals surface area contributed by atoms with Crippen LogP contribution in [0.25, 0.3) is 0 Å². The Kier molecular flexibility index (Phi) is 5.90. The summed E-state index contributed by atoms with van der Waals surface area (Å²) < 4.78 is 5.59. The molecule has 0 bridgehead atoms. The van der Waals surface area contributed by atoms with E-state index in [1.165, 1.54) is 6.08 Å². The maximum atomic E-state index is 11.6. The minimum Gasteiger partial charge on any atom is -0.390 e. The van der Waals surface area contributed by atoms with Crippen LogP contribution >= 0.6 is 0 Å². The molecule has 0 aliphatic carbocycles. The summed E-state index contributed by atoms with van der Waals surface area (Å²) in [5, 5.41) is 9.80. The van der Waals surface area contributed by atoms with Gasteiger partial charge in [-0.1, -0.05) is 20.4 Å². The van der Waals surface area contributed by atoms with Crippen molar-refractivity contribution in [2.24, 2.45) is 0 Å². The molecule has 0 fully saturated rings. The molecule has 3 nitrogen and oxygen atoms in total. The molecule has 2 atom stereocenters. The van der Waals surface area contributed by atoms with Crippen LogP contribution in [0.15, 0.2) is 12.7 Å². The molecule has 0 heterocycles. The smallest absolute Gasteiger partial charge is 0.186 e. The quantitative estimate of drug-likeness (QED) is 0.649. The molecular formula is C13H24O3. The van der Waals surface area contributed by atoms with Gasteiger partial charge >= 0.3 is 0 Å². The van der Waals surface area contributed by atoms with Crippen molar-refractivity contribution in [2.75, 3.05) is 6.61 Å². The maximum absolute atomic E-state index is 11.6. The molecular weight excluding hydrogens is 204 g/mol. The van der Waals surface area contributed by atoms with Crippen LogP contribution in [0.3, 0.4) is 0 Å². The molecule has 2 unspecified atom stereocenters. The highest BCUT2D eigenvalue weighted by atomic mass is 16.5. The molecule has 3 heteroatoms. The minimum atomic E-state index is -0.800. The summed E-state index contributed by atoms with van der Waals surface area (Å²) in [6.07, 6.45) is 3.10. The summed E-state index contributed by atoms with van der Waals surface area (Å²) in [6.45, 7) is 11.2. The van der Waals surface area contributed by atoms with Crippen LogP contribution in [0.1, 0.15) is 47.0 Å². The first-order valence-electron chi connectivity index (χ1n) is 5.84. The van der Waals surface area contributed by atoms with E-state index in [2.05, 4.69) is 6.58 Å². The summed E-state index contributed by atoms with van der Waals surface area (Å²) in [6, 6.07) is 0. The van der Waals surface area contributed by atoms with Crippen molar-refractivity contribution in [2.45, 2.75) is 58.2 Å². The molecule has 0 radical (unpaired) electrons. The first-order chi connectivity index (χ1) is 7.31. The number of carbonyl (C=O) groups is 1. The number of hydrogen-bond acceptors (Lipinski definition) is 3. The fourth-order valence-electron chi connectivity index (χ4n) is 1.24. The molecule has 16 heavy (non-hydrogen) atoms. The first kappa shape index (κ1) is 15.3. The number of hydrogen-bond donors (Lipinski definition) is 1. The lowest BCUT2D eigenvalue weighted by Crippen LogP contribution is -2.38. The average molecular weight is 228 g/mol. The third-order valence-corrected chi connectivity index (χ3v) is 3.20. The van der Waals surface area contributed by atoms with Crippen LogP contribution in [-0.2, 0) is 9.53 Å². The molecule has 0 aromatic carbocycles. The van der Waals surface area contributed by atoms with Gasteiger partial charge in [-0.15, -0.1) is 0 Å². The van der Waals surface area contributed by atoms with Gasteiger partial charge in [0.05, 0.1) is 12.2 Å². The topological polar surface area (TPSA) is 46.5 Å².